The van der Waals surface area contributed by atoms with Crippen LogP contribution in [0, 0.1) is 5.82 Å². The molecule has 2 nitrogen and oxygen atoms in total. The molecule has 1 aromatic carbocycles. The highest BCUT2D eigenvalue weighted by atomic mass is 79.9. The van der Waals surface area contributed by atoms with E-state index in [0.29, 0.717) is 11.3 Å². The average Bonchev–Trinajstić information content (AvgIpc) is 2.89. The second-order valence-electron chi connectivity index (χ2n) is 4.74. The largest absolute Gasteiger partial charge is 0.459 e. The summed E-state index contributed by atoms with van der Waals surface area (Å²) in [5, 5.41) is 3.43. The van der Waals surface area contributed by atoms with E-state index < -0.39 is 0 Å². The summed E-state index contributed by atoms with van der Waals surface area (Å²) in [4.78, 5) is 0. The lowest BCUT2D eigenvalue weighted by Gasteiger charge is -2.13. The fourth-order valence-electron chi connectivity index (χ4n) is 2.14. The number of rotatable bonds is 6. The molecule has 4 heteroatoms. The lowest BCUT2D eigenvalue weighted by Crippen LogP contribution is -2.20. The van der Waals surface area contributed by atoms with E-state index >= 15 is 0 Å². The molecule has 0 bridgehead atoms. The van der Waals surface area contributed by atoms with E-state index in [4.69, 9.17) is 4.42 Å². The molecule has 20 heavy (non-hydrogen) atoms. The molecule has 0 spiro atoms. The summed E-state index contributed by atoms with van der Waals surface area (Å²) < 4.78 is 20.5. The maximum Gasteiger partial charge on any atom is 0.137 e. The Kier molecular flexibility index (Phi) is 5.38. The Morgan fingerprint density at radius 2 is 2.05 bits per heavy atom. The molecule has 0 fully saturated rings. The molecule has 0 saturated carbocycles. The van der Waals surface area contributed by atoms with Crippen molar-refractivity contribution in [1.29, 1.82) is 0 Å². The maximum atomic E-state index is 13.9. The Bertz CT molecular complexity index is 567. The Balaban J connectivity index is 2.23. The highest BCUT2D eigenvalue weighted by molar-refractivity contribution is 9.10. The van der Waals surface area contributed by atoms with Gasteiger partial charge in [0.05, 0.1) is 11.6 Å². The summed E-state index contributed by atoms with van der Waals surface area (Å²) in [5.41, 5.74) is 0.491. The van der Waals surface area contributed by atoms with Crippen molar-refractivity contribution in [2.75, 3.05) is 6.54 Å². The van der Waals surface area contributed by atoms with E-state index in [2.05, 4.69) is 35.1 Å². The van der Waals surface area contributed by atoms with Crippen LogP contribution >= 0.6 is 15.9 Å². The maximum absolute atomic E-state index is 13.9. The van der Waals surface area contributed by atoms with Gasteiger partial charge < -0.3 is 9.73 Å². The van der Waals surface area contributed by atoms with Gasteiger partial charge in [0, 0.05) is 4.47 Å². The van der Waals surface area contributed by atoms with Crippen molar-refractivity contribution in [2.45, 2.75) is 32.7 Å². The molecule has 1 aromatic heterocycles. The van der Waals surface area contributed by atoms with E-state index in [1.165, 1.54) is 6.07 Å². The molecule has 1 N–H and O–H groups in total. The third kappa shape index (κ3) is 3.49. The minimum absolute atomic E-state index is 0.183. The van der Waals surface area contributed by atoms with Crippen LogP contribution in [0.3, 0.4) is 0 Å². The Morgan fingerprint density at radius 3 is 2.70 bits per heavy atom. The minimum atomic E-state index is -0.283. The topological polar surface area (TPSA) is 25.2 Å². The number of hydrogen-bond acceptors (Lipinski definition) is 2. The summed E-state index contributed by atoms with van der Waals surface area (Å²) in [7, 11) is 0. The Morgan fingerprint density at radius 1 is 1.25 bits per heavy atom. The smallest absolute Gasteiger partial charge is 0.137 e. The summed E-state index contributed by atoms with van der Waals surface area (Å²) in [6, 6.07) is 8.92. The van der Waals surface area contributed by atoms with Gasteiger partial charge in [0.2, 0.25) is 0 Å². The van der Waals surface area contributed by atoms with Gasteiger partial charge in [-0.1, -0.05) is 29.8 Å². The highest BCUT2D eigenvalue weighted by Gasteiger charge is 2.15. The van der Waals surface area contributed by atoms with Crippen LogP contribution in [0.5, 0.6) is 0 Å². The first kappa shape index (κ1) is 15.3. The SMILES string of the molecule is CCCNC(CC)c1ccc(-c2ccc(Br)cc2F)o1. The zero-order valence-corrected chi connectivity index (χ0v) is 13.3. The van der Waals surface area contributed by atoms with Gasteiger partial charge in [0.25, 0.3) is 0 Å². The zero-order chi connectivity index (χ0) is 14.5. The quantitative estimate of drug-likeness (QED) is 0.772. The number of furan rings is 1. The monoisotopic (exact) mass is 339 g/mol. The molecule has 0 aliphatic heterocycles. The molecule has 1 atom stereocenters. The first-order valence-corrected chi connectivity index (χ1v) is 7.73. The summed E-state index contributed by atoms with van der Waals surface area (Å²) in [5.74, 6) is 1.15. The predicted octanol–water partition coefficient (Wildman–Crippen LogP) is 5.30. The van der Waals surface area contributed by atoms with Crippen molar-refractivity contribution >= 4 is 15.9 Å². The molecular formula is C16H19BrFNO. The summed E-state index contributed by atoms with van der Waals surface area (Å²) in [6.07, 6.45) is 2.02. The van der Waals surface area contributed by atoms with E-state index in [0.717, 1.165) is 29.6 Å². The normalized spacial score (nSPS) is 12.6. The van der Waals surface area contributed by atoms with Crippen LogP contribution in [-0.4, -0.2) is 6.54 Å². The van der Waals surface area contributed by atoms with Gasteiger partial charge in [-0.15, -0.1) is 0 Å². The van der Waals surface area contributed by atoms with Crippen molar-refractivity contribution in [3.8, 4) is 11.3 Å². The third-order valence-electron chi connectivity index (χ3n) is 3.22. The predicted molar refractivity (Wildman–Crippen MR) is 83.1 cm³/mol. The molecule has 2 aromatic rings. The molecule has 1 heterocycles. The van der Waals surface area contributed by atoms with Crippen molar-refractivity contribution in [1.82, 2.24) is 5.32 Å². The van der Waals surface area contributed by atoms with E-state index in [9.17, 15) is 4.39 Å². The fraction of sp³-hybridized carbons (Fsp3) is 0.375. The first-order chi connectivity index (χ1) is 9.65. The Labute approximate surface area is 127 Å². The lowest BCUT2D eigenvalue weighted by molar-refractivity contribution is 0.410. The van der Waals surface area contributed by atoms with Crippen LogP contribution in [0.2, 0.25) is 0 Å². The molecule has 0 aliphatic rings. The number of hydrogen-bond donors (Lipinski definition) is 1. The zero-order valence-electron chi connectivity index (χ0n) is 11.7. The van der Waals surface area contributed by atoms with Gasteiger partial charge in [0.1, 0.15) is 17.3 Å². The van der Waals surface area contributed by atoms with Gasteiger partial charge in [-0.2, -0.15) is 0 Å². The van der Waals surface area contributed by atoms with Crippen LogP contribution in [-0.2, 0) is 0 Å². The highest BCUT2D eigenvalue weighted by Crippen LogP contribution is 2.29. The van der Waals surface area contributed by atoms with Crippen LogP contribution in [0.25, 0.3) is 11.3 Å². The molecule has 108 valence electrons. The number of halogens is 2. The second kappa shape index (κ2) is 7.04. The van der Waals surface area contributed by atoms with Gasteiger partial charge in [-0.25, -0.2) is 4.39 Å². The van der Waals surface area contributed by atoms with E-state index in [1.807, 2.05) is 18.2 Å². The van der Waals surface area contributed by atoms with Crippen LogP contribution in [0.15, 0.2) is 39.2 Å². The average molecular weight is 340 g/mol. The lowest BCUT2D eigenvalue weighted by atomic mass is 10.1. The minimum Gasteiger partial charge on any atom is -0.459 e. The van der Waals surface area contributed by atoms with Crippen molar-refractivity contribution in [2.24, 2.45) is 0 Å². The molecule has 0 saturated heterocycles. The molecule has 0 radical (unpaired) electrons. The van der Waals surface area contributed by atoms with Gasteiger partial charge in [-0.05, 0) is 49.7 Å². The van der Waals surface area contributed by atoms with E-state index in [-0.39, 0.29) is 11.9 Å². The molecule has 0 amide bonds. The Hall–Kier alpha value is -1.13. The molecular weight excluding hydrogens is 321 g/mol. The van der Waals surface area contributed by atoms with E-state index in [1.54, 1.807) is 6.07 Å². The fourth-order valence-corrected chi connectivity index (χ4v) is 2.47. The summed E-state index contributed by atoms with van der Waals surface area (Å²) >= 11 is 3.26. The van der Waals surface area contributed by atoms with Crippen LogP contribution in [0.4, 0.5) is 4.39 Å². The molecule has 2 rings (SSSR count). The molecule has 0 aliphatic carbocycles. The summed E-state index contributed by atoms with van der Waals surface area (Å²) in [6.45, 7) is 5.18. The van der Waals surface area contributed by atoms with Gasteiger partial charge >= 0.3 is 0 Å². The van der Waals surface area contributed by atoms with Crippen LogP contribution in [0.1, 0.15) is 38.5 Å². The number of benzene rings is 1. The third-order valence-corrected chi connectivity index (χ3v) is 3.71. The number of nitrogens with one attached hydrogen (secondary N) is 1. The van der Waals surface area contributed by atoms with Crippen molar-refractivity contribution < 1.29 is 8.81 Å². The van der Waals surface area contributed by atoms with Gasteiger partial charge in [0.15, 0.2) is 0 Å². The van der Waals surface area contributed by atoms with Crippen molar-refractivity contribution in [3.05, 3.63) is 46.4 Å². The standard InChI is InChI=1S/C16H19BrFNO/c1-3-9-19-14(4-2)16-8-7-15(20-16)12-6-5-11(17)10-13(12)18/h5-8,10,14,19H,3-4,9H2,1-2H3. The first-order valence-electron chi connectivity index (χ1n) is 6.94. The van der Waals surface area contributed by atoms with Crippen LogP contribution < -0.4 is 5.32 Å². The van der Waals surface area contributed by atoms with Crippen molar-refractivity contribution in [3.63, 3.8) is 0 Å². The molecule has 1 unspecified atom stereocenters. The van der Waals surface area contributed by atoms with Gasteiger partial charge in [-0.3, -0.25) is 0 Å². The second-order valence-corrected chi connectivity index (χ2v) is 5.66.